The van der Waals surface area contributed by atoms with E-state index in [4.69, 9.17) is 10.00 Å². The standard InChI is InChI=1S/C17H15N3O2/c1-17(2)13-7-3-4-8-14(13)20(16(21)22-17)15-9-5-6-12(19-15)10-11-18/h3-9H,10H2,1-2H3. The van der Waals surface area contributed by atoms with Gasteiger partial charge in [0.15, 0.2) is 0 Å². The average molecular weight is 293 g/mol. The third kappa shape index (κ3) is 2.29. The van der Waals surface area contributed by atoms with Crippen molar-refractivity contribution in [3.63, 3.8) is 0 Å². The van der Waals surface area contributed by atoms with E-state index in [1.54, 1.807) is 18.2 Å². The van der Waals surface area contributed by atoms with Gasteiger partial charge < -0.3 is 4.74 Å². The summed E-state index contributed by atoms with van der Waals surface area (Å²) in [6.07, 6.45) is -0.269. The molecule has 0 N–H and O–H groups in total. The highest BCUT2D eigenvalue weighted by Crippen LogP contribution is 2.41. The van der Waals surface area contributed by atoms with Gasteiger partial charge in [-0.15, -0.1) is 0 Å². The first-order valence-electron chi connectivity index (χ1n) is 6.98. The molecule has 0 unspecified atom stereocenters. The van der Waals surface area contributed by atoms with E-state index >= 15 is 0 Å². The number of pyridine rings is 1. The second-order valence-corrected chi connectivity index (χ2v) is 5.55. The fraction of sp³-hybridized carbons (Fsp3) is 0.235. The van der Waals surface area contributed by atoms with Crippen molar-refractivity contribution in [2.24, 2.45) is 0 Å². The third-order valence-electron chi connectivity index (χ3n) is 3.60. The van der Waals surface area contributed by atoms with Gasteiger partial charge in [0.25, 0.3) is 0 Å². The highest BCUT2D eigenvalue weighted by molar-refractivity contribution is 5.98. The van der Waals surface area contributed by atoms with Crippen molar-refractivity contribution in [2.45, 2.75) is 25.9 Å². The quantitative estimate of drug-likeness (QED) is 0.847. The number of benzene rings is 1. The Morgan fingerprint density at radius 2 is 2.00 bits per heavy atom. The van der Waals surface area contributed by atoms with Crippen LogP contribution < -0.4 is 4.90 Å². The molecule has 0 saturated heterocycles. The Hall–Kier alpha value is -2.87. The van der Waals surface area contributed by atoms with Gasteiger partial charge >= 0.3 is 6.09 Å². The average Bonchev–Trinajstić information content (AvgIpc) is 2.47. The van der Waals surface area contributed by atoms with E-state index in [1.165, 1.54) is 4.90 Å². The van der Waals surface area contributed by atoms with Crippen molar-refractivity contribution in [2.75, 3.05) is 4.90 Å². The second kappa shape index (κ2) is 5.15. The Kier molecular flexibility index (Phi) is 3.30. The van der Waals surface area contributed by atoms with Gasteiger partial charge in [-0.05, 0) is 32.0 Å². The van der Waals surface area contributed by atoms with E-state index in [9.17, 15) is 4.79 Å². The Balaban J connectivity index is 2.13. The normalized spacial score (nSPS) is 15.7. The Morgan fingerprint density at radius 3 is 2.77 bits per heavy atom. The minimum Gasteiger partial charge on any atom is -0.438 e. The van der Waals surface area contributed by atoms with Crippen LogP contribution in [0.3, 0.4) is 0 Å². The fourth-order valence-corrected chi connectivity index (χ4v) is 2.58. The number of hydrogen-bond acceptors (Lipinski definition) is 4. The zero-order valence-electron chi connectivity index (χ0n) is 12.4. The van der Waals surface area contributed by atoms with E-state index in [-0.39, 0.29) is 6.42 Å². The summed E-state index contributed by atoms with van der Waals surface area (Å²) in [6, 6.07) is 14.9. The minimum atomic E-state index is -0.686. The molecule has 0 bridgehead atoms. The lowest BCUT2D eigenvalue weighted by atomic mass is 9.94. The topological polar surface area (TPSA) is 66.2 Å². The van der Waals surface area contributed by atoms with E-state index in [0.717, 1.165) is 11.3 Å². The van der Waals surface area contributed by atoms with Crippen molar-refractivity contribution < 1.29 is 9.53 Å². The SMILES string of the molecule is CC1(C)OC(=O)N(c2cccc(CC#N)n2)c2ccccc21. The summed E-state index contributed by atoms with van der Waals surface area (Å²) in [4.78, 5) is 18.3. The molecule has 1 aromatic heterocycles. The molecule has 0 radical (unpaired) electrons. The van der Waals surface area contributed by atoms with Crippen molar-refractivity contribution >= 4 is 17.6 Å². The number of amides is 1. The lowest BCUT2D eigenvalue weighted by molar-refractivity contribution is 0.0372. The molecule has 1 amide bonds. The minimum absolute atomic E-state index is 0.198. The van der Waals surface area contributed by atoms with Crippen LogP contribution in [-0.2, 0) is 16.8 Å². The van der Waals surface area contributed by atoms with Gasteiger partial charge in [0.05, 0.1) is 23.9 Å². The molecule has 1 aromatic carbocycles. The molecule has 110 valence electrons. The van der Waals surface area contributed by atoms with Gasteiger partial charge in [-0.3, -0.25) is 0 Å². The molecule has 0 aliphatic carbocycles. The molecular weight excluding hydrogens is 278 g/mol. The zero-order chi connectivity index (χ0) is 15.7. The number of nitriles is 1. The second-order valence-electron chi connectivity index (χ2n) is 5.55. The van der Waals surface area contributed by atoms with Crippen LogP contribution in [-0.4, -0.2) is 11.1 Å². The van der Waals surface area contributed by atoms with Crippen LogP contribution >= 0.6 is 0 Å². The first kappa shape index (κ1) is 14.1. The highest BCUT2D eigenvalue weighted by Gasteiger charge is 2.39. The van der Waals surface area contributed by atoms with E-state index in [0.29, 0.717) is 11.5 Å². The molecule has 2 aromatic rings. The maximum atomic E-state index is 12.4. The Labute approximate surface area is 128 Å². The van der Waals surface area contributed by atoms with Crippen LogP contribution in [0.1, 0.15) is 25.1 Å². The van der Waals surface area contributed by atoms with E-state index in [1.807, 2.05) is 38.1 Å². The monoisotopic (exact) mass is 293 g/mol. The van der Waals surface area contributed by atoms with Crippen LogP contribution in [0.2, 0.25) is 0 Å². The summed E-state index contributed by atoms with van der Waals surface area (Å²) >= 11 is 0. The van der Waals surface area contributed by atoms with E-state index < -0.39 is 11.7 Å². The van der Waals surface area contributed by atoms with Gasteiger partial charge in [0.2, 0.25) is 0 Å². The number of carbonyl (C=O) groups excluding carboxylic acids is 1. The number of para-hydroxylation sites is 1. The molecule has 5 nitrogen and oxygen atoms in total. The van der Waals surface area contributed by atoms with Crippen molar-refractivity contribution in [1.29, 1.82) is 5.26 Å². The van der Waals surface area contributed by atoms with Crippen LogP contribution in [0, 0.1) is 11.3 Å². The van der Waals surface area contributed by atoms with Crippen molar-refractivity contribution in [3.8, 4) is 6.07 Å². The number of aromatic nitrogens is 1. The van der Waals surface area contributed by atoms with Crippen molar-refractivity contribution in [1.82, 2.24) is 4.98 Å². The summed E-state index contributed by atoms with van der Waals surface area (Å²) in [6.45, 7) is 3.72. The number of ether oxygens (including phenoxy) is 1. The number of carbonyl (C=O) groups is 1. The summed E-state index contributed by atoms with van der Waals surface area (Å²) in [5, 5.41) is 8.80. The van der Waals surface area contributed by atoms with Crippen LogP contribution in [0.15, 0.2) is 42.5 Å². The van der Waals surface area contributed by atoms with Gasteiger partial charge in [-0.25, -0.2) is 14.7 Å². The van der Waals surface area contributed by atoms with Gasteiger partial charge in [-0.2, -0.15) is 5.26 Å². The lowest BCUT2D eigenvalue weighted by Gasteiger charge is -2.37. The molecule has 5 heteroatoms. The fourth-order valence-electron chi connectivity index (χ4n) is 2.58. The smallest absolute Gasteiger partial charge is 0.421 e. The summed E-state index contributed by atoms with van der Waals surface area (Å²) in [5.41, 5.74) is 1.61. The van der Waals surface area contributed by atoms with Gasteiger partial charge in [0.1, 0.15) is 11.4 Å². The summed E-state index contributed by atoms with van der Waals surface area (Å²) in [7, 11) is 0. The third-order valence-corrected chi connectivity index (χ3v) is 3.60. The zero-order valence-corrected chi connectivity index (χ0v) is 12.4. The van der Waals surface area contributed by atoms with Crippen LogP contribution in [0.25, 0.3) is 0 Å². The Bertz CT molecular complexity index is 777. The molecule has 0 fully saturated rings. The maximum Gasteiger partial charge on any atom is 0.421 e. The predicted molar refractivity (Wildman–Crippen MR) is 81.6 cm³/mol. The number of rotatable bonds is 2. The predicted octanol–water partition coefficient (Wildman–Crippen LogP) is 3.67. The first-order chi connectivity index (χ1) is 10.5. The summed E-state index contributed by atoms with van der Waals surface area (Å²) < 4.78 is 5.55. The number of fused-ring (bicyclic) bond motifs is 1. The molecule has 1 aliphatic heterocycles. The number of hydrogen-bond donors (Lipinski definition) is 0. The molecular formula is C17H15N3O2. The van der Waals surface area contributed by atoms with Crippen LogP contribution in [0.4, 0.5) is 16.3 Å². The molecule has 1 aliphatic rings. The molecule has 2 heterocycles. The lowest BCUT2D eigenvalue weighted by Crippen LogP contribution is -2.41. The molecule has 0 atom stereocenters. The van der Waals surface area contributed by atoms with E-state index in [2.05, 4.69) is 11.1 Å². The number of nitrogens with zero attached hydrogens (tertiary/aromatic N) is 3. The molecule has 0 saturated carbocycles. The molecule has 3 rings (SSSR count). The summed E-state index contributed by atoms with van der Waals surface area (Å²) in [5.74, 6) is 0.459. The molecule has 22 heavy (non-hydrogen) atoms. The van der Waals surface area contributed by atoms with Crippen LogP contribution in [0.5, 0.6) is 0 Å². The van der Waals surface area contributed by atoms with Gasteiger partial charge in [-0.1, -0.05) is 24.3 Å². The number of cyclic esters (lactones) is 1. The Morgan fingerprint density at radius 1 is 1.23 bits per heavy atom. The highest BCUT2D eigenvalue weighted by atomic mass is 16.6. The first-order valence-corrected chi connectivity index (χ1v) is 6.98. The number of anilines is 2. The maximum absolute atomic E-state index is 12.4. The van der Waals surface area contributed by atoms with Crippen molar-refractivity contribution in [3.05, 3.63) is 53.7 Å². The largest absolute Gasteiger partial charge is 0.438 e. The van der Waals surface area contributed by atoms with Gasteiger partial charge in [0, 0.05) is 5.56 Å². The molecule has 0 spiro atoms.